The van der Waals surface area contributed by atoms with Gasteiger partial charge in [-0.15, -0.1) is 22.9 Å². The first kappa shape index (κ1) is 13.9. The molecule has 0 aliphatic rings. The average molecular weight is 299 g/mol. The molecule has 96 valence electrons. The molecule has 0 saturated heterocycles. The van der Waals surface area contributed by atoms with Crippen molar-refractivity contribution in [1.29, 1.82) is 0 Å². The summed E-state index contributed by atoms with van der Waals surface area (Å²) in [5.41, 5.74) is 1.20. The van der Waals surface area contributed by atoms with Crippen LogP contribution in [0.4, 0.5) is 0 Å². The molecular formula is C15H16Cl2S. The number of benzene rings is 1. The molecule has 0 aliphatic heterocycles. The Hall–Kier alpha value is -0.500. The summed E-state index contributed by atoms with van der Waals surface area (Å²) in [5.74, 6) is 1.19. The van der Waals surface area contributed by atoms with E-state index in [2.05, 4.69) is 23.6 Å². The number of hydrogen-bond donors (Lipinski definition) is 0. The van der Waals surface area contributed by atoms with E-state index in [4.69, 9.17) is 23.2 Å². The molecule has 0 fully saturated rings. The number of rotatable bonds is 6. The Morgan fingerprint density at radius 1 is 1.11 bits per heavy atom. The van der Waals surface area contributed by atoms with Crippen molar-refractivity contribution in [2.45, 2.75) is 19.3 Å². The summed E-state index contributed by atoms with van der Waals surface area (Å²) in [4.78, 5) is 1.43. The van der Waals surface area contributed by atoms with Gasteiger partial charge >= 0.3 is 0 Å². The molecule has 0 spiro atoms. The average Bonchev–Trinajstić information content (AvgIpc) is 2.90. The van der Waals surface area contributed by atoms with Crippen LogP contribution in [0.3, 0.4) is 0 Å². The van der Waals surface area contributed by atoms with Crippen LogP contribution in [-0.2, 0) is 12.8 Å². The molecule has 3 heteroatoms. The van der Waals surface area contributed by atoms with Crippen molar-refractivity contribution in [3.63, 3.8) is 0 Å². The lowest BCUT2D eigenvalue weighted by atomic mass is 9.96. The van der Waals surface area contributed by atoms with E-state index in [1.54, 1.807) is 0 Å². The first-order chi connectivity index (χ1) is 8.79. The lowest BCUT2D eigenvalue weighted by molar-refractivity contribution is 0.539. The second kappa shape index (κ2) is 7.18. The van der Waals surface area contributed by atoms with Crippen LogP contribution in [0, 0.1) is 5.92 Å². The number of hydrogen-bond acceptors (Lipinski definition) is 1. The number of thiophene rings is 1. The standard InChI is InChI=1S/C15H16Cl2S/c16-11-12(7-8-14-5-3-9-18-14)10-13-4-1-2-6-15(13)17/h1-6,9,12H,7-8,10-11H2. The lowest BCUT2D eigenvalue weighted by Gasteiger charge is -2.14. The Balaban J connectivity index is 1.91. The van der Waals surface area contributed by atoms with Crippen LogP contribution >= 0.6 is 34.5 Å². The van der Waals surface area contributed by atoms with Gasteiger partial charge in [-0.05, 0) is 48.3 Å². The highest BCUT2D eigenvalue weighted by Gasteiger charge is 2.11. The molecule has 0 radical (unpaired) electrons. The predicted octanol–water partition coefficient (Wildman–Crippen LogP) is 5.43. The van der Waals surface area contributed by atoms with Crippen molar-refractivity contribution in [3.8, 4) is 0 Å². The maximum Gasteiger partial charge on any atom is 0.0438 e. The van der Waals surface area contributed by atoms with Gasteiger partial charge in [0.15, 0.2) is 0 Å². The van der Waals surface area contributed by atoms with Gasteiger partial charge < -0.3 is 0 Å². The van der Waals surface area contributed by atoms with Gasteiger partial charge in [-0.3, -0.25) is 0 Å². The Morgan fingerprint density at radius 2 is 1.94 bits per heavy atom. The summed E-state index contributed by atoms with van der Waals surface area (Å²) in [5, 5.41) is 2.97. The third kappa shape index (κ3) is 4.01. The molecule has 2 aromatic rings. The van der Waals surface area contributed by atoms with Crippen molar-refractivity contribution in [3.05, 3.63) is 57.2 Å². The molecular weight excluding hydrogens is 283 g/mol. The summed E-state index contributed by atoms with van der Waals surface area (Å²) in [6, 6.07) is 12.3. The molecule has 2 rings (SSSR count). The molecule has 0 bridgehead atoms. The molecule has 1 unspecified atom stereocenters. The van der Waals surface area contributed by atoms with Gasteiger partial charge in [-0.25, -0.2) is 0 Å². The van der Waals surface area contributed by atoms with Crippen molar-refractivity contribution in [2.24, 2.45) is 5.92 Å². The van der Waals surface area contributed by atoms with E-state index in [9.17, 15) is 0 Å². The quantitative estimate of drug-likeness (QED) is 0.624. The molecule has 0 saturated carbocycles. The molecule has 0 amide bonds. The van der Waals surface area contributed by atoms with Crippen molar-refractivity contribution >= 4 is 34.5 Å². The van der Waals surface area contributed by atoms with Gasteiger partial charge in [0.2, 0.25) is 0 Å². The van der Waals surface area contributed by atoms with E-state index >= 15 is 0 Å². The zero-order chi connectivity index (χ0) is 12.8. The third-order valence-corrected chi connectivity index (χ3v) is 4.81. The number of alkyl halides is 1. The Morgan fingerprint density at radius 3 is 2.61 bits per heavy atom. The molecule has 0 aliphatic carbocycles. The Labute approximate surface area is 123 Å². The van der Waals surface area contributed by atoms with Gasteiger partial charge in [-0.2, -0.15) is 0 Å². The smallest absolute Gasteiger partial charge is 0.0438 e. The molecule has 1 atom stereocenters. The lowest BCUT2D eigenvalue weighted by Crippen LogP contribution is -2.08. The van der Waals surface area contributed by atoms with Gasteiger partial charge in [0.1, 0.15) is 0 Å². The summed E-state index contributed by atoms with van der Waals surface area (Å²) in [6.45, 7) is 0. The maximum atomic E-state index is 6.18. The fourth-order valence-corrected chi connectivity index (χ4v) is 3.21. The fraction of sp³-hybridized carbons (Fsp3) is 0.333. The maximum absolute atomic E-state index is 6.18. The summed E-state index contributed by atoms with van der Waals surface area (Å²) >= 11 is 14.1. The van der Waals surface area contributed by atoms with Crippen LogP contribution in [-0.4, -0.2) is 5.88 Å². The second-order valence-corrected chi connectivity index (χ2v) is 6.18. The van der Waals surface area contributed by atoms with Gasteiger partial charge in [0.05, 0.1) is 0 Å². The first-order valence-corrected chi connectivity index (χ1v) is 7.90. The molecule has 1 aromatic carbocycles. The summed E-state index contributed by atoms with van der Waals surface area (Å²) in [6.07, 6.45) is 3.20. The SMILES string of the molecule is ClCC(CCc1cccs1)Cc1ccccc1Cl. The van der Waals surface area contributed by atoms with Gasteiger partial charge in [0.25, 0.3) is 0 Å². The Bertz CT molecular complexity index is 465. The van der Waals surface area contributed by atoms with Crippen LogP contribution in [0.15, 0.2) is 41.8 Å². The van der Waals surface area contributed by atoms with Crippen molar-refractivity contribution in [2.75, 3.05) is 5.88 Å². The molecule has 0 nitrogen and oxygen atoms in total. The van der Waals surface area contributed by atoms with Crippen LogP contribution in [0.25, 0.3) is 0 Å². The minimum atomic E-state index is 0.494. The van der Waals surface area contributed by atoms with E-state index in [0.717, 1.165) is 24.3 Å². The van der Waals surface area contributed by atoms with Crippen LogP contribution in [0.2, 0.25) is 5.02 Å². The Kier molecular flexibility index (Phi) is 5.55. The van der Waals surface area contributed by atoms with Gasteiger partial charge in [0, 0.05) is 15.8 Å². The van der Waals surface area contributed by atoms with Crippen LogP contribution in [0.5, 0.6) is 0 Å². The van der Waals surface area contributed by atoms with E-state index in [0.29, 0.717) is 11.8 Å². The monoisotopic (exact) mass is 298 g/mol. The minimum Gasteiger partial charge on any atom is -0.149 e. The molecule has 0 N–H and O–H groups in total. The van der Waals surface area contributed by atoms with Gasteiger partial charge in [-0.1, -0.05) is 35.9 Å². The number of aryl methyl sites for hydroxylation is 1. The second-order valence-electron chi connectivity index (χ2n) is 4.43. The number of halogens is 2. The largest absolute Gasteiger partial charge is 0.149 e. The van der Waals surface area contributed by atoms with Crippen molar-refractivity contribution < 1.29 is 0 Å². The molecule has 1 heterocycles. The van der Waals surface area contributed by atoms with E-state index in [-0.39, 0.29) is 0 Å². The predicted molar refractivity (Wildman–Crippen MR) is 82.0 cm³/mol. The molecule has 1 aromatic heterocycles. The summed E-state index contributed by atoms with van der Waals surface area (Å²) in [7, 11) is 0. The van der Waals surface area contributed by atoms with E-state index < -0.39 is 0 Å². The highest BCUT2D eigenvalue weighted by Crippen LogP contribution is 2.23. The normalized spacial score (nSPS) is 12.6. The van der Waals surface area contributed by atoms with E-state index in [1.165, 1.54) is 10.4 Å². The first-order valence-electron chi connectivity index (χ1n) is 6.11. The van der Waals surface area contributed by atoms with Crippen LogP contribution in [0.1, 0.15) is 16.9 Å². The zero-order valence-electron chi connectivity index (χ0n) is 10.1. The van der Waals surface area contributed by atoms with Crippen molar-refractivity contribution in [1.82, 2.24) is 0 Å². The zero-order valence-corrected chi connectivity index (χ0v) is 12.4. The van der Waals surface area contributed by atoms with Crippen LogP contribution < -0.4 is 0 Å². The fourth-order valence-electron chi connectivity index (χ4n) is 2.01. The highest BCUT2D eigenvalue weighted by molar-refractivity contribution is 7.09. The molecule has 18 heavy (non-hydrogen) atoms. The highest BCUT2D eigenvalue weighted by atomic mass is 35.5. The summed E-state index contributed by atoms with van der Waals surface area (Å²) < 4.78 is 0. The topological polar surface area (TPSA) is 0 Å². The van der Waals surface area contributed by atoms with E-state index in [1.807, 2.05) is 29.5 Å². The third-order valence-electron chi connectivity index (χ3n) is 3.06. The minimum absolute atomic E-state index is 0.494.